The van der Waals surface area contributed by atoms with Gasteiger partial charge in [-0.3, -0.25) is 4.79 Å². The number of carbonyl (C=O) groups is 1. The van der Waals surface area contributed by atoms with Crippen LogP contribution in [0.1, 0.15) is 15.9 Å². The van der Waals surface area contributed by atoms with E-state index in [9.17, 15) is 4.79 Å². The third-order valence-corrected chi connectivity index (χ3v) is 3.26. The summed E-state index contributed by atoms with van der Waals surface area (Å²) in [4.78, 5) is 12.0. The summed E-state index contributed by atoms with van der Waals surface area (Å²) < 4.78 is 10.4. The van der Waals surface area contributed by atoms with E-state index in [1.54, 1.807) is 30.3 Å². The zero-order valence-electron chi connectivity index (χ0n) is 11.6. The van der Waals surface area contributed by atoms with Gasteiger partial charge in [-0.15, -0.1) is 0 Å². The Balaban J connectivity index is 1.59. The van der Waals surface area contributed by atoms with Gasteiger partial charge in [-0.25, -0.2) is 0 Å². The fourth-order valence-corrected chi connectivity index (χ4v) is 2.17. The van der Waals surface area contributed by atoms with E-state index >= 15 is 0 Å². The maximum atomic E-state index is 12.0. The van der Waals surface area contributed by atoms with Gasteiger partial charge in [-0.1, -0.05) is 29.5 Å². The van der Waals surface area contributed by atoms with Crippen molar-refractivity contribution in [3.05, 3.63) is 58.6 Å². The number of hydrogen-bond donors (Lipinski definition) is 1. The monoisotopic (exact) mass is 313 g/mol. The fraction of sp³-hybridized carbons (Fsp3) is 0.118. The standard InChI is InChI=1S/C17H12ClNO3/c18-14-5-1-3-12(9-14)4-2-8-19-17(20)13-6-7-15-16(10-13)22-11-21-15/h1,3,5-7,9-10H,8,11H2,(H,19,20). The maximum Gasteiger partial charge on any atom is 0.252 e. The van der Waals surface area contributed by atoms with Crippen LogP contribution in [0.2, 0.25) is 5.02 Å². The molecule has 2 aromatic rings. The van der Waals surface area contributed by atoms with Crippen LogP contribution in [0.25, 0.3) is 0 Å². The first-order chi connectivity index (χ1) is 10.7. The molecule has 5 heteroatoms. The molecule has 0 unspecified atom stereocenters. The molecule has 3 rings (SSSR count). The maximum absolute atomic E-state index is 12.0. The average molecular weight is 314 g/mol. The molecule has 1 heterocycles. The van der Waals surface area contributed by atoms with Crippen molar-refractivity contribution < 1.29 is 14.3 Å². The number of nitrogens with one attached hydrogen (secondary N) is 1. The molecule has 0 fully saturated rings. The van der Waals surface area contributed by atoms with Gasteiger partial charge in [-0.2, -0.15) is 0 Å². The zero-order valence-corrected chi connectivity index (χ0v) is 12.3. The SMILES string of the molecule is O=C(NCC#Cc1cccc(Cl)c1)c1ccc2c(c1)OCO2. The minimum atomic E-state index is -0.210. The quantitative estimate of drug-likeness (QED) is 0.867. The van der Waals surface area contributed by atoms with Gasteiger partial charge in [0.15, 0.2) is 11.5 Å². The van der Waals surface area contributed by atoms with E-state index in [0.29, 0.717) is 22.1 Å². The number of hydrogen-bond acceptors (Lipinski definition) is 3. The molecule has 0 saturated heterocycles. The molecule has 1 N–H and O–H groups in total. The lowest BCUT2D eigenvalue weighted by molar-refractivity contribution is 0.0958. The van der Waals surface area contributed by atoms with E-state index in [-0.39, 0.29) is 19.2 Å². The lowest BCUT2D eigenvalue weighted by Crippen LogP contribution is -2.23. The van der Waals surface area contributed by atoms with Crippen LogP contribution in [0.4, 0.5) is 0 Å². The predicted molar refractivity (Wildman–Crippen MR) is 83.2 cm³/mol. The van der Waals surface area contributed by atoms with Crippen molar-refractivity contribution in [2.24, 2.45) is 0 Å². The van der Waals surface area contributed by atoms with Gasteiger partial charge in [0.05, 0.1) is 6.54 Å². The third-order valence-electron chi connectivity index (χ3n) is 3.03. The number of amides is 1. The van der Waals surface area contributed by atoms with Crippen molar-refractivity contribution in [2.75, 3.05) is 13.3 Å². The number of halogens is 1. The van der Waals surface area contributed by atoms with Crippen LogP contribution < -0.4 is 14.8 Å². The summed E-state index contributed by atoms with van der Waals surface area (Å²) in [7, 11) is 0. The topological polar surface area (TPSA) is 47.6 Å². The van der Waals surface area contributed by atoms with Crippen molar-refractivity contribution in [3.63, 3.8) is 0 Å². The Kier molecular flexibility index (Phi) is 4.17. The minimum absolute atomic E-state index is 0.186. The fourth-order valence-electron chi connectivity index (χ4n) is 1.98. The molecule has 1 amide bonds. The summed E-state index contributed by atoms with van der Waals surface area (Å²) >= 11 is 5.87. The Hall–Kier alpha value is -2.64. The number of ether oxygens (including phenoxy) is 2. The van der Waals surface area contributed by atoms with Crippen LogP contribution in [0.5, 0.6) is 11.5 Å². The molecule has 0 aromatic heterocycles. The van der Waals surface area contributed by atoms with Gasteiger partial charge in [0.25, 0.3) is 5.91 Å². The van der Waals surface area contributed by atoms with Crippen LogP contribution in [0, 0.1) is 11.8 Å². The molecule has 0 saturated carbocycles. The summed E-state index contributed by atoms with van der Waals surface area (Å²) in [6.45, 7) is 0.436. The van der Waals surface area contributed by atoms with Crippen LogP contribution >= 0.6 is 11.6 Å². The molecule has 22 heavy (non-hydrogen) atoms. The van der Waals surface area contributed by atoms with E-state index in [1.165, 1.54) is 0 Å². The normalized spacial score (nSPS) is 11.5. The lowest BCUT2D eigenvalue weighted by atomic mass is 10.2. The summed E-state index contributed by atoms with van der Waals surface area (Å²) in [5.74, 6) is 6.85. The first-order valence-electron chi connectivity index (χ1n) is 6.65. The Morgan fingerprint density at radius 2 is 2.05 bits per heavy atom. The highest BCUT2D eigenvalue weighted by atomic mass is 35.5. The van der Waals surface area contributed by atoms with E-state index in [4.69, 9.17) is 21.1 Å². The summed E-state index contributed by atoms with van der Waals surface area (Å²) in [6.07, 6.45) is 0. The first kappa shape index (κ1) is 14.3. The van der Waals surface area contributed by atoms with E-state index in [0.717, 1.165) is 5.56 Å². The van der Waals surface area contributed by atoms with Gasteiger partial charge < -0.3 is 14.8 Å². The Morgan fingerprint density at radius 1 is 1.18 bits per heavy atom. The molecular formula is C17H12ClNO3. The molecule has 0 spiro atoms. The van der Waals surface area contributed by atoms with Crippen molar-refractivity contribution in [3.8, 4) is 23.3 Å². The van der Waals surface area contributed by atoms with E-state index in [2.05, 4.69) is 17.2 Å². The largest absolute Gasteiger partial charge is 0.454 e. The second-order valence-corrected chi connectivity index (χ2v) is 5.00. The van der Waals surface area contributed by atoms with Gasteiger partial charge in [0, 0.05) is 16.1 Å². The molecular weight excluding hydrogens is 302 g/mol. The zero-order chi connectivity index (χ0) is 15.4. The van der Waals surface area contributed by atoms with Gasteiger partial charge in [0.2, 0.25) is 6.79 Å². The number of rotatable bonds is 2. The van der Waals surface area contributed by atoms with Crippen LogP contribution in [-0.4, -0.2) is 19.2 Å². The van der Waals surface area contributed by atoms with Crippen molar-refractivity contribution in [1.29, 1.82) is 0 Å². The molecule has 110 valence electrons. The van der Waals surface area contributed by atoms with Gasteiger partial charge in [0.1, 0.15) is 0 Å². The third kappa shape index (κ3) is 3.33. The summed E-state index contributed by atoms with van der Waals surface area (Å²) in [6, 6.07) is 12.3. The number of carbonyl (C=O) groups excluding carboxylic acids is 1. The van der Waals surface area contributed by atoms with Crippen LogP contribution in [0.15, 0.2) is 42.5 Å². The van der Waals surface area contributed by atoms with Crippen molar-refractivity contribution >= 4 is 17.5 Å². The molecule has 0 bridgehead atoms. The molecule has 1 aliphatic heterocycles. The van der Waals surface area contributed by atoms with Crippen molar-refractivity contribution in [2.45, 2.75) is 0 Å². The van der Waals surface area contributed by atoms with Crippen LogP contribution in [0.3, 0.4) is 0 Å². The smallest absolute Gasteiger partial charge is 0.252 e. The number of benzene rings is 2. The van der Waals surface area contributed by atoms with E-state index < -0.39 is 0 Å². The molecule has 2 aromatic carbocycles. The average Bonchev–Trinajstić information content (AvgIpc) is 2.99. The van der Waals surface area contributed by atoms with E-state index in [1.807, 2.05) is 12.1 Å². The lowest BCUT2D eigenvalue weighted by Gasteiger charge is -2.02. The number of fused-ring (bicyclic) bond motifs is 1. The highest BCUT2D eigenvalue weighted by molar-refractivity contribution is 6.30. The Labute approximate surface area is 133 Å². The molecule has 0 radical (unpaired) electrons. The molecule has 0 aliphatic carbocycles. The summed E-state index contributed by atoms with van der Waals surface area (Å²) in [5.41, 5.74) is 1.32. The van der Waals surface area contributed by atoms with Gasteiger partial charge >= 0.3 is 0 Å². The van der Waals surface area contributed by atoms with Crippen molar-refractivity contribution in [1.82, 2.24) is 5.32 Å². The predicted octanol–water partition coefficient (Wildman–Crippen LogP) is 2.85. The second-order valence-electron chi connectivity index (χ2n) is 4.56. The minimum Gasteiger partial charge on any atom is -0.454 e. The highest BCUT2D eigenvalue weighted by Crippen LogP contribution is 2.32. The van der Waals surface area contributed by atoms with Crippen LogP contribution in [-0.2, 0) is 0 Å². The Morgan fingerprint density at radius 3 is 2.91 bits per heavy atom. The summed E-state index contributed by atoms with van der Waals surface area (Å²) in [5, 5.41) is 3.37. The first-order valence-corrected chi connectivity index (χ1v) is 7.02. The van der Waals surface area contributed by atoms with Gasteiger partial charge in [-0.05, 0) is 36.4 Å². The molecule has 0 atom stereocenters. The molecule has 1 aliphatic rings. The highest BCUT2D eigenvalue weighted by Gasteiger charge is 2.15. The second kappa shape index (κ2) is 6.42. The molecule has 4 nitrogen and oxygen atoms in total. The Bertz CT molecular complexity index is 777.